The number of carbonyl (C=O) groups is 1. The average molecular weight is 399 g/mol. The SMILES string of the molecule is CCn1c(S[C@@H](C)C(=O)N[C@H](C)c2ccc(F)cc2)nc2ccccc2c1=O. The number of benzene rings is 2. The molecule has 0 unspecified atom stereocenters. The smallest absolute Gasteiger partial charge is 0.262 e. The summed E-state index contributed by atoms with van der Waals surface area (Å²) in [6, 6.07) is 13.0. The largest absolute Gasteiger partial charge is 0.349 e. The fraction of sp³-hybridized carbons (Fsp3) is 0.286. The van der Waals surface area contributed by atoms with Crippen LogP contribution in [0.25, 0.3) is 10.9 Å². The molecule has 1 amide bonds. The van der Waals surface area contributed by atoms with E-state index in [4.69, 9.17) is 0 Å². The lowest BCUT2D eigenvalue weighted by atomic mass is 10.1. The summed E-state index contributed by atoms with van der Waals surface area (Å²) < 4.78 is 14.7. The van der Waals surface area contributed by atoms with Crippen LogP contribution in [-0.2, 0) is 11.3 Å². The van der Waals surface area contributed by atoms with Gasteiger partial charge in [-0.1, -0.05) is 36.0 Å². The molecule has 0 aliphatic rings. The van der Waals surface area contributed by atoms with Crippen molar-refractivity contribution in [1.82, 2.24) is 14.9 Å². The predicted octanol–water partition coefficient (Wildman–Crippen LogP) is 3.91. The Hall–Kier alpha value is -2.67. The molecule has 3 aromatic rings. The first-order valence-corrected chi connectivity index (χ1v) is 10.0. The Labute approximate surface area is 167 Å². The van der Waals surface area contributed by atoms with E-state index < -0.39 is 5.25 Å². The van der Waals surface area contributed by atoms with Crippen molar-refractivity contribution in [2.24, 2.45) is 0 Å². The van der Waals surface area contributed by atoms with Gasteiger partial charge in [0.05, 0.1) is 22.2 Å². The zero-order chi connectivity index (χ0) is 20.3. The number of carbonyl (C=O) groups excluding carboxylic acids is 1. The summed E-state index contributed by atoms with van der Waals surface area (Å²) >= 11 is 1.25. The van der Waals surface area contributed by atoms with Crippen molar-refractivity contribution in [2.75, 3.05) is 0 Å². The Morgan fingerprint density at radius 3 is 2.54 bits per heavy atom. The van der Waals surface area contributed by atoms with Gasteiger partial charge in [-0.25, -0.2) is 9.37 Å². The van der Waals surface area contributed by atoms with E-state index in [0.717, 1.165) is 5.56 Å². The Balaban J connectivity index is 1.78. The molecule has 1 aromatic heterocycles. The maximum atomic E-state index is 13.1. The topological polar surface area (TPSA) is 64.0 Å². The Bertz CT molecular complexity index is 1050. The second-order valence-electron chi connectivity index (χ2n) is 6.50. The van der Waals surface area contributed by atoms with Crippen LogP contribution in [0.4, 0.5) is 4.39 Å². The Kier molecular flexibility index (Phi) is 6.14. The van der Waals surface area contributed by atoms with Gasteiger partial charge in [0.1, 0.15) is 5.82 Å². The van der Waals surface area contributed by atoms with E-state index in [1.54, 1.807) is 35.8 Å². The van der Waals surface area contributed by atoms with Gasteiger partial charge in [0.2, 0.25) is 5.91 Å². The lowest BCUT2D eigenvalue weighted by Crippen LogP contribution is -2.33. The highest BCUT2D eigenvalue weighted by molar-refractivity contribution is 8.00. The lowest BCUT2D eigenvalue weighted by Gasteiger charge is -2.19. The summed E-state index contributed by atoms with van der Waals surface area (Å²) in [6.07, 6.45) is 0. The summed E-state index contributed by atoms with van der Waals surface area (Å²) in [7, 11) is 0. The van der Waals surface area contributed by atoms with Crippen LogP contribution < -0.4 is 10.9 Å². The molecular formula is C21H22FN3O2S. The van der Waals surface area contributed by atoms with Crippen molar-refractivity contribution in [2.45, 2.75) is 43.8 Å². The summed E-state index contributed by atoms with van der Waals surface area (Å²) in [5.41, 5.74) is 1.33. The second-order valence-corrected chi connectivity index (χ2v) is 7.81. The fourth-order valence-corrected chi connectivity index (χ4v) is 3.88. The van der Waals surface area contributed by atoms with Crippen LogP contribution >= 0.6 is 11.8 Å². The summed E-state index contributed by atoms with van der Waals surface area (Å²) in [5.74, 6) is -0.488. The number of nitrogens with one attached hydrogen (secondary N) is 1. The summed E-state index contributed by atoms with van der Waals surface area (Å²) in [4.78, 5) is 29.9. The molecule has 0 bridgehead atoms. The van der Waals surface area contributed by atoms with Gasteiger partial charge < -0.3 is 5.32 Å². The zero-order valence-electron chi connectivity index (χ0n) is 16.0. The number of thioether (sulfide) groups is 1. The number of para-hydroxylation sites is 1. The highest BCUT2D eigenvalue weighted by Crippen LogP contribution is 2.23. The maximum absolute atomic E-state index is 13.1. The monoisotopic (exact) mass is 399 g/mol. The third-order valence-corrected chi connectivity index (χ3v) is 5.61. The van der Waals surface area contributed by atoms with E-state index in [1.165, 1.54) is 23.9 Å². The molecule has 0 radical (unpaired) electrons. The van der Waals surface area contributed by atoms with Crippen LogP contribution in [0.2, 0.25) is 0 Å². The number of aromatic nitrogens is 2. The van der Waals surface area contributed by atoms with Crippen molar-refractivity contribution in [1.29, 1.82) is 0 Å². The molecule has 0 aliphatic heterocycles. The van der Waals surface area contributed by atoms with Gasteiger partial charge in [-0.05, 0) is 50.6 Å². The molecule has 1 N–H and O–H groups in total. The first-order chi connectivity index (χ1) is 13.4. The molecule has 28 heavy (non-hydrogen) atoms. The van der Waals surface area contributed by atoms with E-state index in [-0.39, 0.29) is 23.3 Å². The van der Waals surface area contributed by atoms with Crippen molar-refractivity contribution in [3.8, 4) is 0 Å². The van der Waals surface area contributed by atoms with Gasteiger partial charge >= 0.3 is 0 Å². The molecule has 1 heterocycles. The minimum Gasteiger partial charge on any atom is -0.349 e. The average Bonchev–Trinajstić information content (AvgIpc) is 2.68. The number of amides is 1. The van der Waals surface area contributed by atoms with Crippen LogP contribution in [0.3, 0.4) is 0 Å². The van der Waals surface area contributed by atoms with E-state index in [2.05, 4.69) is 10.3 Å². The highest BCUT2D eigenvalue weighted by Gasteiger charge is 2.20. The molecule has 5 nitrogen and oxygen atoms in total. The molecule has 0 saturated heterocycles. The van der Waals surface area contributed by atoms with Crippen LogP contribution in [0.15, 0.2) is 58.5 Å². The molecule has 0 aliphatic carbocycles. The van der Waals surface area contributed by atoms with Gasteiger partial charge in [0, 0.05) is 6.54 Å². The molecule has 0 fully saturated rings. The molecule has 7 heteroatoms. The Morgan fingerprint density at radius 2 is 1.86 bits per heavy atom. The van der Waals surface area contributed by atoms with Crippen molar-refractivity contribution in [3.05, 3.63) is 70.3 Å². The predicted molar refractivity (Wildman–Crippen MR) is 110 cm³/mol. The standard InChI is InChI=1S/C21H22FN3O2S/c1-4-25-20(27)17-7-5-6-8-18(17)24-21(25)28-14(3)19(26)23-13(2)15-9-11-16(22)12-10-15/h5-14H,4H2,1-3H3,(H,23,26)/t13-,14+/m1/s1. The number of fused-ring (bicyclic) bond motifs is 1. The second kappa shape index (κ2) is 8.56. The molecule has 0 spiro atoms. The molecule has 0 saturated carbocycles. The van der Waals surface area contributed by atoms with Crippen LogP contribution in [-0.4, -0.2) is 20.7 Å². The fourth-order valence-electron chi connectivity index (χ4n) is 2.89. The number of rotatable bonds is 6. The lowest BCUT2D eigenvalue weighted by molar-refractivity contribution is -0.120. The van der Waals surface area contributed by atoms with Gasteiger partial charge in [-0.2, -0.15) is 0 Å². The van der Waals surface area contributed by atoms with Gasteiger partial charge in [0.15, 0.2) is 5.16 Å². The normalized spacial score (nSPS) is 13.3. The van der Waals surface area contributed by atoms with Crippen LogP contribution in [0.5, 0.6) is 0 Å². The third kappa shape index (κ3) is 4.25. The van der Waals surface area contributed by atoms with Crippen LogP contribution in [0.1, 0.15) is 32.4 Å². The summed E-state index contributed by atoms with van der Waals surface area (Å²) in [5, 5.41) is 3.56. The number of halogens is 1. The molecule has 146 valence electrons. The maximum Gasteiger partial charge on any atom is 0.262 e. The first kappa shape index (κ1) is 20.1. The number of nitrogens with zero attached hydrogens (tertiary/aromatic N) is 2. The molecule has 2 aromatic carbocycles. The zero-order valence-corrected chi connectivity index (χ0v) is 16.8. The van der Waals surface area contributed by atoms with Gasteiger partial charge in [-0.3, -0.25) is 14.2 Å². The van der Waals surface area contributed by atoms with E-state index in [0.29, 0.717) is 22.6 Å². The van der Waals surface area contributed by atoms with Gasteiger partial charge in [-0.15, -0.1) is 0 Å². The molecule has 3 rings (SSSR count). The number of hydrogen-bond acceptors (Lipinski definition) is 4. The number of hydrogen-bond donors (Lipinski definition) is 1. The third-order valence-electron chi connectivity index (χ3n) is 4.52. The molecule has 2 atom stereocenters. The minimum atomic E-state index is -0.450. The van der Waals surface area contributed by atoms with Crippen molar-refractivity contribution >= 4 is 28.6 Å². The van der Waals surface area contributed by atoms with Gasteiger partial charge in [0.25, 0.3) is 5.56 Å². The Morgan fingerprint density at radius 1 is 1.18 bits per heavy atom. The first-order valence-electron chi connectivity index (χ1n) is 9.12. The van der Waals surface area contributed by atoms with Crippen molar-refractivity contribution in [3.63, 3.8) is 0 Å². The van der Waals surface area contributed by atoms with E-state index >= 15 is 0 Å². The van der Waals surface area contributed by atoms with Crippen molar-refractivity contribution < 1.29 is 9.18 Å². The highest BCUT2D eigenvalue weighted by atomic mass is 32.2. The van der Waals surface area contributed by atoms with E-state index in [1.807, 2.05) is 26.0 Å². The van der Waals surface area contributed by atoms with Crippen LogP contribution in [0, 0.1) is 5.82 Å². The quantitative estimate of drug-likeness (QED) is 0.504. The van der Waals surface area contributed by atoms with E-state index in [9.17, 15) is 14.0 Å². The summed E-state index contributed by atoms with van der Waals surface area (Å²) in [6.45, 7) is 5.97. The molecular weight excluding hydrogens is 377 g/mol. The minimum absolute atomic E-state index is 0.108.